The molecule has 0 rings (SSSR count). The molecule has 0 aliphatic rings. The molecule has 0 atom stereocenters. The van der Waals surface area contributed by atoms with Gasteiger partial charge in [-0.25, -0.2) is 0 Å². The van der Waals surface area contributed by atoms with Crippen molar-refractivity contribution in [3.05, 3.63) is 0 Å². The highest BCUT2D eigenvalue weighted by molar-refractivity contribution is 5.75. The highest BCUT2D eigenvalue weighted by Crippen LogP contribution is 1.21. The average Bonchev–Trinajstić information content (AvgIpc) is 0.918. The van der Waals surface area contributed by atoms with Gasteiger partial charge in [0.15, 0.2) is 0 Å². The number of hydrogen-bond acceptors (Lipinski definition) is 1. The first-order valence-electron chi connectivity index (χ1n) is 0.724. The van der Waals surface area contributed by atoms with Crippen LogP contribution in [0.4, 0.5) is 0 Å². The monoisotopic (exact) mass is 73.0 g/mol. The molecule has 0 aliphatic carbocycles. The molecular formula is C2H7NSi. The summed E-state index contributed by atoms with van der Waals surface area (Å²) in [6.45, 7) is 1.43. The van der Waals surface area contributed by atoms with E-state index >= 15 is 0 Å². The Morgan fingerprint density at radius 3 is 1.75 bits per heavy atom. The smallest absolute Gasteiger partial charge is 0.0587 e. The number of nitrogens with zero attached hydrogens (tertiary/aromatic N) is 1. The first-order chi connectivity index (χ1) is 1.41. The van der Waals surface area contributed by atoms with E-state index in [9.17, 15) is 0 Å². The van der Waals surface area contributed by atoms with Crippen molar-refractivity contribution in [1.29, 1.82) is 5.26 Å². The zero-order valence-corrected chi connectivity index (χ0v) is 1.95. The van der Waals surface area contributed by atoms with Gasteiger partial charge in [0.25, 0.3) is 0 Å². The van der Waals surface area contributed by atoms with E-state index in [4.69, 9.17) is 5.26 Å². The minimum Gasteiger partial charge on any atom is -0.199 e. The van der Waals surface area contributed by atoms with Gasteiger partial charge >= 0.3 is 0 Å². The molecule has 0 heterocycles. The molecule has 4 heavy (non-hydrogen) atoms. The van der Waals surface area contributed by atoms with Crippen LogP contribution in [0.5, 0.6) is 0 Å². The van der Waals surface area contributed by atoms with E-state index in [0.29, 0.717) is 0 Å². The molecule has 0 fully saturated rings. The third-order valence-corrected chi connectivity index (χ3v) is 0. The summed E-state index contributed by atoms with van der Waals surface area (Å²) in [6, 6.07) is 1.75. The summed E-state index contributed by atoms with van der Waals surface area (Å²) in [4.78, 5) is 0. The predicted molar refractivity (Wildman–Crippen MR) is 22.6 cm³/mol. The molecule has 24 valence electrons. The first-order valence-corrected chi connectivity index (χ1v) is 0.724. The highest BCUT2D eigenvalue weighted by atomic mass is 28.1. The molecule has 0 saturated carbocycles. The quantitative estimate of drug-likeness (QED) is 0.340. The van der Waals surface area contributed by atoms with E-state index in [1.54, 1.807) is 6.07 Å². The predicted octanol–water partition coefficient (Wildman–Crippen LogP) is -0.922. The van der Waals surface area contributed by atoms with E-state index in [0.717, 1.165) is 0 Å². The van der Waals surface area contributed by atoms with Crippen molar-refractivity contribution in [1.82, 2.24) is 0 Å². The molecular weight excluding hydrogens is 66.1 g/mol. The summed E-state index contributed by atoms with van der Waals surface area (Å²) in [5, 5.41) is 7.32. The zero-order valence-electron chi connectivity index (χ0n) is 1.95. The van der Waals surface area contributed by atoms with Crippen LogP contribution in [0.15, 0.2) is 0 Å². The van der Waals surface area contributed by atoms with Crippen molar-refractivity contribution in [2.75, 3.05) is 0 Å². The third-order valence-electron chi connectivity index (χ3n) is 0. The van der Waals surface area contributed by atoms with Gasteiger partial charge in [0.05, 0.1) is 6.07 Å². The van der Waals surface area contributed by atoms with Gasteiger partial charge in [-0.15, -0.1) is 0 Å². The van der Waals surface area contributed by atoms with Gasteiger partial charge in [-0.05, 0) is 11.0 Å². The van der Waals surface area contributed by atoms with Crippen LogP contribution in [0.3, 0.4) is 0 Å². The van der Waals surface area contributed by atoms with Gasteiger partial charge in [-0.3, -0.25) is 0 Å². The third kappa shape index (κ3) is 9.93. The minimum atomic E-state index is 0. The minimum absolute atomic E-state index is 0. The fourth-order valence-electron chi connectivity index (χ4n) is 0. The maximum absolute atomic E-state index is 7.32. The van der Waals surface area contributed by atoms with Gasteiger partial charge in [0.2, 0.25) is 0 Å². The van der Waals surface area contributed by atoms with Crippen molar-refractivity contribution in [3.63, 3.8) is 0 Å². The topological polar surface area (TPSA) is 23.8 Å². The summed E-state index contributed by atoms with van der Waals surface area (Å²) < 4.78 is 0. The van der Waals surface area contributed by atoms with E-state index in [-0.39, 0.29) is 11.0 Å². The number of rotatable bonds is 0. The Labute approximate surface area is 30.3 Å². The Bertz CT molecular complexity index is 27.5. The van der Waals surface area contributed by atoms with Crippen LogP contribution in [-0.4, -0.2) is 11.0 Å². The van der Waals surface area contributed by atoms with Crippen LogP contribution in [-0.2, 0) is 0 Å². The molecule has 0 radical (unpaired) electrons. The summed E-state index contributed by atoms with van der Waals surface area (Å²) in [5.41, 5.74) is 0. The highest BCUT2D eigenvalue weighted by Gasteiger charge is 1.17. The molecule has 0 bridgehead atoms. The Morgan fingerprint density at radius 2 is 1.75 bits per heavy atom. The van der Waals surface area contributed by atoms with Crippen molar-refractivity contribution >= 4 is 11.0 Å². The zero-order chi connectivity index (χ0) is 2.71. The lowest BCUT2D eigenvalue weighted by atomic mass is 11.0. The van der Waals surface area contributed by atoms with E-state index in [1.807, 2.05) is 0 Å². The van der Waals surface area contributed by atoms with Crippen molar-refractivity contribution in [2.24, 2.45) is 0 Å². The van der Waals surface area contributed by atoms with Crippen LogP contribution in [0.2, 0.25) is 0 Å². The number of hydrogen-bond donors (Lipinski definition) is 0. The second kappa shape index (κ2) is 15.8. The molecule has 0 aliphatic heterocycles. The van der Waals surface area contributed by atoms with E-state index in [2.05, 4.69) is 0 Å². The van der Waals surface area contributed by atoms with Crippen LogP contribution in [0.1, 0.15) is 6.92 Å². The SMILES string of the molecule is CC#N.[SiH4]. The van der Waals surface area contributed by atoms with Crippen molar-refractivity contribution in [3.8, 4) is 6.07 Å². The maximum Gasteiger partial charge on any atom is 0.0587 e. The normalized spacial score (nSPS) is 2.00. The largest absolute Gasteiger partial charge is 0.199 e. The van der Waals surface area contributed by atoms with Gasteiger partial charge in [-0.2, -0.15) is 5.26 Å². The molecule has 0 aromatic carbocycles. The molecule has 0 spiro atoms. The standard InChI is InChI=1S/C2H3N.H4Si/c1-2-3;/h1H3;1H4. The lowest BCUT2D eigenvalue weighted by Crippen LogP contribution is -1.10. The Balaban J connectivity index is 0. The van der Waals surface area contributed by atoms with Crippen LogP contribution < -0.4 is 0 Å². The molecule has 1 nitrogen and oxygen atoms in total. The van der Waals surface area contributed by atoms with Crippen molar-refractivity contribution < 1.29 is 0 Å². The van der Waals surface area contributed by atoms with Gasteiger partial charge < -0.3 is 0 Å². The first kappa shape index (κ1) is 9.32. The van der Waals surface area contributed by atoms with E-state index < -0.39 is 0 Å². The van der Waals surface area contributed by atoms with Gasteiger partial charge in [0.1, 0.15) is 0 Å². The van der Waals surface area contributed by atoms with E-state index in [1.165, 1.54) is 6.92 Å². The van der Waals surface area contributed by atoms with Crippen LogP contribution >= 0.6 is 0 Å². The number of nitriles is 1. The van der Waals surface area contributed by atoms with Crippen LogP contribution in [0.25, 0.3) is 0 Å². The Morgan fingerprint density at radius 1 is 1.75 bits per heavy atom. The summed E-state index contributed by atoms with van der Waals surface area (Å²) in [5.74, 6) is 0. The van der Waals surface area contributed by atoms with Crippen LogP contribution in [0, 0.1) is 11.3 Å². The fraction of sp³-hybridized carbons (Fsp3) is 0.500. The Hall–Kier alpha value is -0.293. The summed E-state index contributed by atoms with van der Waals surface area (Å²) >= 11 is 0. The second-order valence-electron chi connectivity index (χ2n) is 0.224. The van der Waals surface area contributed by atoms with Gasteiger partial charge in [-0.1, -0.05) is 0 Å². The molecule has 0 unspecified atom stereocenters. The molecule has 0 amide bonds. The molecule has 0 aromatic rings. The summed E-state index contributed by atoms with van der Waals surface area (Å²) in [6.07, 6.45) is 0. The average molecular weight is 73.2 g/mol. The summed E-state index contributed by atoms with van der Waals surface area (Å²) in [7, 11) is 0. The molecule has 0 aromatic heterocycles. The van der Waals surface area contributed by atoms with Crippen molar-refractivity contribution in [2.45, 2.75) is 6.92 Å². The molecule has 0 saturated heterocycles. The lowest BCUT2D eigenvalue weighted by Gasteiger charge is -1.15. The second-order valence-corrected chi connectivity index (χ2v) is 0.224. The lowest BCUT2D eigenvalue weighted by molar-refractivity contribution is 1.49. The maximum atomic E-state index is 7.32. The molecule has 0 N–H and O–H groups in total. The van der Waals surface area contributed by atoms with Gasteiger partial charge in [0, 0.05) is 6.92 Å². The Kier molecular flexibility index (Phi) is 36.8. The molecule has 2 heteroatoms. The fourth-order valence-corrected chi connectivity index (χ4v) is 0.